The molecular formula is C18H26N2O4S. The number of sulfone groups is 1. The normalized spacial score (nSPS) is 28.9. The van der Waals surface area contributed by atoms with Crippen LogP contribution in [0.2, 0.25) is 0 Å². The van der Waals surface area contributed by atoms with Gasteiger partial charge in [-0.25, -0.2) is 8.42 Å². The van der Waals surface area contributed by atoms with Crippen molar-refractivity contribution >= 4 is 9.84 Å². The summed E-state index contributed by atoms with van der Waals surface area (Å²) >= 11 is 0. The van der Waals surface area contributed by atoms with Crippen molar-refractivity contribution in [1.82, 2.24) is 9.88 Å². The maximum atomic E-state index is 12.7. The van der Waals surface area contributed by atoms with Crippen molar-refractivity contribution in [1.29, 1.82) is 0 Å². The molecule has 0 amide bonds. The van der Waals surface area contributed by atoms with Gasteiger partial charge in [0, 0.05) is 44.5 Å². The first-order valence-electron chi connectivity index (χ1n) is 9.12. The van der Waals surface area contributed by atoms with Gasteiger partial charge in [0.25, 0.3) is 0 Å². The molecule has 0 saturated carbocycles. The maximum absolute atomic E-state index is 12.7. The Hall–Kier alpha value is -1.02. The van der Waals surface area contributed by atoms with Crippen LogP contribution in [0.25, 0.3) is 0 Å². The van der Waals surface area contributed by atoms with Crippen molar-refractivity contribution in [2.75, 3.05) is 38.7 Å². The Morgan fingerprint density at radius 3 is 2.76 bits per heavy atom. The van der Waals surface area contributed by atoms with Crippen molar-refractivity contribution in [2.45, 2.75) is 36.7 Å². The van der Waals surface area contributed by atoms with Crippen LogP contribution in [0.1, 0.15) is 25.0 Å². The summed E-state index contributed by atoms with van der Waals surface area (Å²) in [6.45, 7) is 3.85. The highest BCUT2D eigenvalue weighted by atomic mass is 32.2. The lowest BCUT2D eigenvalue weighted by Crippen LogP contribution is -2.70. The molecule has 3 fully saturated rings. The number of likely N-dealkylation sites (tertiary alicyclic amines) is 1. The number of hydrogen-bond acceptors (Lipinski definition) is 6. The molecule has 1 aromatic heterocycles. The Balaban J connectivity index is 1.37. The Labute approximate surface area is 149 Å². The monoisotopic (exact) mass is 366 g/mol. The molecule has 1 atom stereocenters. The van der Waals surface area contributed by atoms with E-state index in [0.717, 1.165) is 31.7 Å². The molecule has 7 heteroatoms. The van der Waals surface area contributed by atoms with Gasteiger partial charge < -0.3 is 9.47 Å². The lowest BCUT2D eigenvalue weighted by atomic mass is 9.82. The molecule has 25 heavy (non-hydrogen) atoms. The lowest BCUT2D eigenvalue weighted by molar-refractivity contribution is -0.0320. The second kappa shape index (κ2) is 6.95. The van der Waals surface area contributed by atoms with Crippen molar-refractivity contribution in [3.8, 4) is 0 Å². The molecule has 0 N–H and O–H groups in total. The molecule has 1 spiro atoms. The fourth-order valence-electron chi connectivity index (χ4n) is 4.45. The lowest BCUT2D eigenvalue weighted by Gasteiger charge is -2.53. The molecule has 6 nitrogen and oxygen atoms in total. The van der Waals surface area contributed by atoms with E-state index in [1.807, 2.05) is 18.2 Å². The van der Waals surface area contributed by atoms with Crippen LogP contribution in [0.15, 0.2) is 24.4 Å². The summed E-state index contributed by atoms with van der Waals surface area (Å²) in [6.07, 6.45) is 4.48. The van der Waals surface area contributed by atoms with Gasteiger partial charge in [-0.2, -0.15) is 0 Å². The van der Waals surface area contributed by atoms with Gasteiger partial charge in [-0.15, -0.1) is 0 Å². The molecule has 3 aliphatic rings. The minimum Gasteiger partial charge on any atom is -0.381 e. The van der Waals surface area contributed by atoms with E-state index in [4.69, 9.17) is 9.47 Å². The highest BCUT2D eigenvalue weighted by Crippen LogP contribution is 2.46. The van der Waals surface area contributed by atoms with Crippen LogP contribution in [-0.2, 0) is 25.9 Å². The molecule has 0 aromatic carbocycles. The van der Waals surface area contributed by atoms with Gasteiger partial charge in [0.2, 0.25) is 0 Å². The van der Waals surface area contributed by atoms with Crippen molar-refractivity contribution in [3.63, 3.8) is 0 Å². The smallest absolute Gasteiger partial charge is 0.158 e. The van der Waals surface area contributed by atoms with Crippen LogP contribution < -0.4 is 0 Å². The Kier molecular flexibility index (Phi) is 4.83. The zero-order chi connectivity index (χ0) is 17.3. The van der Waals surface area contributed by atoms with Gasteiger partial charge >= 0.3 is 0 Å². The average Bonchev–Trinajstić information content (AvgIpc) is 2.86. The molecule has 1 aromatic rings. The Bertz CT molecular complexity index is 682. The third kappa shape index (κ3) is 3.23. The maximum Gasteiger partial charge on any atom is 0.158 e. The van der Waals surface area contributed by atoms with Gasteiger partial charge in [0.15, 0.2) is 9.84 Å². The quantitative estimate of drug-likeness (QED) is 0.782. The molecule has 1 unspecified atom stereocenters. The van der Waals surface area contributed by atoms with Crippen LogP contribution in [0.4, 0.5) is 0 Å². The zero-order valence-electron chi connectivity index (χ0n) is 14.5. The first-order chi connectivity index (χ1) is 12.1. The van der Waals surface area contributed by atoms with Crippen LogP contribution in [-0.4, -0.2) is 67.8 Å². The van der Waals surface area contributed by atoms with Crippen LogP contribution in [0.5, 0.6) is 0 Å². The minimum absolute atomic E-state index is 0.0947. The summed E-state index contributed by atoms with van der Waals surface area (Å²) < 4.78 is 36.1. The minimum atomic E-state index is -3.03. The molecular weight excluding hydrogens is 340 g/mol. The summed E-state index contributed by atoms with van der Waals surface area (Å²) in [4.78, 5) is 6.60. The first-order valence-corrected chi connectivity index (χ1v) is 10.8. The van der Waals surface area contributed by atoms with Gasteiger partial charge in [-0.05, 0) is 31.4 Å². The first kappa shape index (κ1) is 17.4. The SMILES string of the molecule is O=S1(=O)CCC(COCc2ccccn2)C12CN(C1CCOCC1)C2. The molecule has 0 radical (unpaired) electrons. The Morgan fingerprint density at radius 1 is 1.24 bits per heavy atom. The molecule has 0 bridgehead atoms. The van der Waals surface area contributed by atoms with E-state index in [1.165, 1.54) is 0 Å². The number of rotatable bonds is 5. The fourth-order valence-corrected chi connectivity index (χ4v) is 6.87. The highest BCUT2D eigenvalue weighted by Gasteiger charge is 2.62. The summed E-state index contributed by atoms with van der Waals surface area (Å²) in [5, 5.41) is 0. The van der Waals surface area contributed by atoms with Gasteiger partial charge in [-0.3, -0.25) is 9.88 Å². The van der Waals surface area contributed by atoms with E-state index in [2.05, 4.69) is 9.88 Å². The molecule has 0 aliphatic carbocycles. The van der Waals surface area contributed by atoms with Gasteiger partial charge in [0.05, 0.1) is 24.7 Å². The summed E-state index contributed by atoms with van der Waals surface area (Å²) in [5.41, 5.74) is 0.884. The largest absolute Gasteiger partial charge is 0.381 e. The number of aromatic nitrogens is 1. The molecule has 3 aliphatic heterocycles. The van der Waals surface area contributed by atoms with Gasteiger partial charge in [0.1, 0.15) is 4.75 Å². The number of ether oxygens (including phenoxy) is 2. The third-order valence-corrected chi connectivity index (χ3v) is 8.65. The predicted octanol–water partition coefficient (Wildman–Crippen LogP) is 1.27. The van der Waals surface area contributed by atoms with E-state index in [9.17, 15) is 8.42 Å². The number of hydrogen-bond donors (Lipinski definition) is 0. The van der Waals surface area contributed by atoms with Crippen LogP contribution in [0, 0.1) is 5.92 Å². The van der Waals surface area contributed by atoms with Crippen LogP contribution >= 0.6 is 0 Å². The number of pyridine rings is 1. The molecule has 4 rings (SSSR count). The summed E-state index contributed by atoms with van der Waals surface area (Å²) in [6, 6.07) is 6.22. The standard InChI is InChI=1S/C18H26N2O4S/c21-25(22)10-6-15(11-24-12-16-3-1-2-7-19-16)18(25)13-20(14-18)17-4-8-23-9-5-17/h1-3,7,15,17H,4-6,8-14H2. The summed E-state index contributed by atoms with van der Waals surface area (Å²) in [7, 11) is -3.03. The van der Waals surface area contributed by atoms with Crippen molar-refractivity contribution in [2.24, 2.45) is 5.92 Å². The highest BCUT2D eigenvalue weighted by molar-refractivity contribution is 7.93. The van der Waals surface area contributed by atoms with E-state index >= 15 is 0 Å². The topological polar surface area (TPSA) is 68.7 Å². The summed E-state index contributed by atoms with van der Waals surface area (Å²) in [5.74, 6) is 0.393. The second-order valence-electron chi connectivity index (χ2n) is 7.45. The van der Waals surface area contributed by atoms with Gasteiger partial charge in [-0.1, -0.05) is 6.07 Å². The predicted molar refractivity (Wildman–Crippen MR) is 93.9 cm³/mol. The van der Waals surface area contributed by atoms with Crippen LogP contribution in [0.3, 0.4) is 0 Å². The van der Waals surface area contributed by atoms with Crippen molar-refractivity contribution < 1.29 is 17.9 Å². The zero-order valence-corrected chi connectivity index (χ0v) is 15.3. The second-order valence-corrected chi connectivity index (χ2v) is 9.90. The molecule has 4 heterocycles. The fraction of sp³-hybridized carbons (Fsp3) is 0.722. The molecule has 138 valence electrons. The average molecular weight is 366 g/mol. The Morgan fingerprint density at radius 2 is 2.04 bits per heavy atom. The van der Waals surface area contributed by atoms with E-state index in [1.54, 1.807) is 6.20 Å². The van der Waals surface area contributed by atoms with E-state index in [-0.39, 0.29) is 5.92 Å². The van der Waals surface area contributed by atoms with Crippen molar-refractivity contribution in [3.05, 3.63) is 30.1 Å². The van der Waals surface area contributed by atoms with E-state index in [0.29, 0.717) is 44.5 Å². The molecule has 3 saturated heterocycles. The number of nitrogens with zero attached hydrogens (tertiary/aromatic N) is 2. The third-order valence-electron chi connectivity index (χ3n) is 6.04. The van der Waals surface area contributed by atoms with E-state index < -0.39 is 14.6 Å².